The van der Waals surface area contributed by atoms with Crippen LogP contribution in [0.5, 0.6) is 0 Å². The van der Waals surface area contributed by atoms with E-state index in [0.717, 1.165) is 5.57 Å². The third-order valence-electron chi connectivity index (χ3n) is 1.71. The van der Waals surface area contributed by atoms with Gasteiger partial charge in [0.1, 0.15) is 0 Å². The predicted molar refractivity (Wildman–Crippen MR) is 48.4 cm³/mol. The zero-order chi connectivity index (χ0) is 8.55. The van der Waals surface area contributed by atoms with Crippen LogP contribution in [0, 0.1) is 0 Å². The molecule has 2 nitrogen and oxygen atoms in total. The van der Waals surface area contributed by atoms with Gasteiger partial charge in [-0.1, -0.05) is 12.2 Å². The Balaban J connectivity index is 2.41. The molecule has 12 heavy (non-hydrogen) atoms. The SMILES string of the molecule is O=C1C=CC2=CC(Cl)C=CC2=N1. The molecule has 0 aromatic heterocycles. The van der Waals surface area contributed by atoms with E-state index in [0.29, 0.717) is 5.71 Å². The lowest BCUT2D eigenvalue weighted by atomic mass is 10.0. The highest BCUT2D eigenvalue weighted by molar-refractivity contribution is 6.27. The Kier molecular flexibility index (Phi) is 1.70. The van der Waals surface area contributed by atoms with Gasteiger partial charge in [0.15, 0.2) is 0 Å². The Morgan fingerprint density at radius 3 is 3.00 bits per heavy atom. The van der Waals surface area contributed by atoms with Crippen molar-refractivity contribution in [1.29, 1.82) is 0 Å². The van der Waals surface area contributed by atoms with Gasteiger partial charge in [0.25, 0.3) is 5.91 Å². The van der Waals surface area contributed by atoms with Gasteiger partial charge < -0.3 is 0 Å². The van der Waals surface area contributed by atoms with E-state index in [9.17, 15) is 4.79 Å². The van der Waals surface area contributed by atoms with Crippen LogP contribution in [-0.4, -0.2) is 17.0 Å². The van der Waals surface area contributed by atoms with Crippen LogP contribution < -0.4 is 0 Å². The molecule has 0 N–H and O–H groups in total. The molecule has 0 aromatic carbocycles. The molecule has 1 aliphatic carbocycles. The van der Waals surface area contributed by atoms with Crippen LogP contribution in [-0.2, 0) is 4.79 Å². The summed E-state index contributed by atoms with van der Waals surface area (Å²) in [6, 6.07) is 0. The van der Waals surface area contributed by atoms with Gasteiger partial charge >= 0.3 is 0 Å². The predicted octanol–water partition coefficient (Wildman–Crippen LogP) is 1.63. The highest BCUT2D eigenvalue weighted by Crippen LogP contribution is 2.17. The van der Waals surface area contributed by atoms with Crippen molar-refractivity contribution in [2.45, 2.75) is 5.38 Å². The maximum atomic E-state index is 10.8. The second-order valence-electron chi connectivity index (χ2n) is 2.59. The van der Waals surface area contributed by atoms with Gasteiger partial charge in [-0.05, 0) is 17.7 Å². The molecular formula is C9H6ClNO. The number of dihydropyridines is 1. The smallest absolute Gasteiger partial charge is 0.267 e. The largest absolute Gasteiger partial charge is 0.270 e. The molecule has 1 heterocycles. The number of allylic oxidation sites excluding steroid dienone is 5. The molecule has 60 valence electrons. The first-order chi connectivity index (χ1) is 5.75. The zero-order valence-electron chi connectivity index (χ0n) is 6.20. The Hall–Kier alpha value is -1.15. The van der Waals surface area contributed by atoms with Gasteiger partial charge in [0.05, 0.1) is 11.1 Å². The molecule has 0 radical (unpaired) electrons. The number of alkyl halides is 1. The third kappa shape index (κ3) is 1.25. The standard InChI is InChI=1S/C9H6ClNO/c10-7-2-3-8-6(5-7)1-4-9(12)11-8/h1-5,7H. The third-order valence-corrected chi connectivity index (χ3v) is 1.98. The van der Waals surface area contributed by atoms with Gasteiger partial charge in [-0.25, -0.2) is 4.99 Å². The molecule has 1 atom stereocenters. The molecule has 0 saturated carbocycles. The summed E-state index contributed by atoms with van der Waals surface area (Å²) >= 11 is 5.84. The van der Waals surface area contributed by atoms with Gasteiger partial charge in [-0.3, -0.25) is 4.79 Å². The highest BCUT2D eigenvalue weighted by atomic mass is 35.5. The number of carbonyl (C=O) groups excluding carboxylic acids is 1. The summed E-state index contributed by atoms with van der Waals surface area (Å²) in [5.74, 6) is -0.208. The Labute approximate surface area is 74.9 Å². The molecule has 0 spiro atoms. The molecule has 1 aliphatic heterocycles. The Bertz CT molecular complexity index is 350. The molecule has 0 saturated heterocycles. The number of fused-ring (bicyclic) bond motifs is 1. The van der Waals surface area contributed by atoms with Crippen molar-refractivity contribution in [3.63, 3.8) is 0 Å². The molecule has 1 amide bonds. The first-order valence-corrected chi connectivity index (χ1v) is 4.04. The molecule has 2 rings (SSSR count). The van der Waals surface area contributed by atoms with Crippen LogP contribution in [0.15, 0.2) is 40.9 Å². The Morgan fingerprint density at radius 1 is 1.33 bits per heavy atom. The lowest BCUT2D eigenvalue weighted by Gasteiger charge is -2.12. The van der Waals surface area contributed by atoms with Crippen LogP contribution in [0.25, 0.3) is 0 Å². The fraction of sp³-hybridized carbons (Fsp3) is 0.111. The van der Waals surface area contributed by atoms with Crippen molar-refractivity contribution in [3.8, 4) is 0 Å². The van der Waals surface area contributed by atoms with E-state index in [4.69, 9.17) is 11.6 Å². The lowest BCUT2D eigenvalue weighted by Crippen LogP contribution is -2.12. The fourth-order valence-electron chi connectivity index (χ4n) is 1.15. The minimum Gasteiger partial charge on any atom is -0.267 e. The Morgan fingerprint density at radius 2 is 2.17 bits per heavy atom. The second-order valence-corrected chi connectivity index (χ2v) is 3.10. The van der Waals surface area contributed by atoms with E-state index in [2.05, 4.69) is 4.99 Å². The topological polar surface area (TPSA) is 29.4 Å². The number of carbonyl (C=O) groups is 1. The van der Waals surface area contributed by atoms with Crippen molar-refractivity contribution in [2.75, 3.05) is 0 Å². The zero-order valence-corrected chi connectivity index (χ0v) is 6.95. The van der Waals surface area contributed by atoms with Crippen molar-refractivity contribution in [3.05, 3.63) is 36.0 Å². The summed E-state index contributed by atoms with van der Waals surface area (Å²) in [5.41, 5.74) is 1.64. The monoisotopic (exact) mass is 179 g/mol. The lowest BCUT2D eigenvalue weighted by molar-refractivity contribution is -0.113. The van der Waals surface area contributed by atoms with Crippen LogP contribution >= 0.6 is 11.6 Å². The fourth-order valence-corrected chi connectivity index (χ4v) is 1.36. The van der Waals surface area contributed by atoms with Crippen LogP contribution in [0.1, 0.15) is 0 Å². The van der Waals surface area contributed by atoms with E-state index in [-0.39, 0.29) is 11.3 Å². The summed E-state index contributed by atoms with van der Waals surface area (Å²) in [6.45, 7) is 0. The number of amides is 1. The average molecular weight is 180 g/mol. The summed E-state index contributed by atoms with van der Waals surface area (Å²) in [6.07, 6.45) is 8.62. The van der Waals surface area contributed by atoms with Gasteiger partial charge in [0.2, 0.25) is 0 Å². The average Bonchev–Trinajstić information content (AvgIpc) is 2.05. The number of hydrogen-bond acceptors (Lipinski definition) is 1. The van der Waals surface area contributed by atoms with Gasteiger partial charge in [-0.2, -0.15) is 0 Å². The van der Waals surface area contributed by atoms with Crippen molar-refractivity contribution >= 4 is 23.2 Å². The maximum Gasteiger partial charge on any atom is 0.270 e. The van der Waals surface area contributed by atoms with E-state index in [1.807, 2.05) is 6.08 Å². The first-order valence-electron chi connectivity index (χ1n) is 3.61. The molecule has 0 fully saturated rings. The van der Waals surface area contributed by atoms with E-state index in [1.165, 1.54) is 6.08 Å². The van der Waals surface area contributed by atoms with E-state index >= 15 is 0 Å². The number of halogens is 1. The number of rotatable bonds is 0. The normalized spacial score (nSPS) is 26.4. The van der Waals surface area contributed by atoms with E-state index in [1.54, 1.807) is 18.2 Å². The van der Waals surface area contributed by atoms with Crippen molar-refractivity contribution < 1.29 is 4.79 Å². The summed E-state index contributed by atoms with van der Waals surface area (Å²) in [4.78, 5) is 14.6. The second kappa shape index (κ2) is 2.72. The summed E-state index contributed by atoms with van der Waals surface area (Å²) in [5, 5.41) is -0.0863. The van der Waals surface area contributed by atoms with Gasteiger partial charge in [0, 0.05) is 6.08 Å². The minimum absolute atomic E-state index is 0.0863. The van der Waals surface area contributed by atoms with Crippen molar-refractivity contribution in [1.82, 2.24) is 0 Å². The number of aliphatic imine (C=N–C) groups is 1. The van der Waals surface area contributed by atoms with Crippen LogP contribution in [0.4, 0.5) is 0 Å². The minimum atomic E-state index is -0.208. The highest BCUT2D eigenvalue weighted by Gasteiger charge is 2.13. The molecule has 1 unspecified atom stereocenters. The number of hydrogen-bond donors (Lipinski definition) is 0. The van der Waals surface area contributed by atoms with E-state index < -0.39 is 0 Å². The molecule has 0 bridgehead atoms. The molecule has 2 aliphatic rings. The molecule has 3 heteroatoms. The first kappa shape index (κ1) is 7.50. The summed E-state index contributed by atoms with van der Waals surface area (Å²) in [7, 11) is 0. The van der Waals surface area contributed by atoms with Crippen molar-refractivity contribution in [2.24, 2.45) is 4.99 Å². The molecular weight excluding hydrogens is 174 g/mol. The molecule has 0 aromatic rings. The summed E-state index contributed by atoms with van der Waals surface area (Å²) < 4.78 is 0. The van der Waals surface area contributed by atoms with Crippen LogP contribution in [0.2, 0.25) is 0 Å². The number of nitrogens with zero attached hydrogens (tertiary/aromatic N) is 1. The van der Waals surface area contributed by atoms with Gasteiger partial charge in [-0.15, -0.1) is 11.6 Å². The maximum absolute atomic E-state index is 10.8. The quantitative estimate of drug-likeness (QED) is 0.520. The van der Waals surface area contributed by atoms with Crippen LogP contribution in [0.3, 0.4) is 0 Å².